The van der Waals surface area contributed by atoms with Gasteiger partial charge in [-0.25, -0.2) is 0 Å². The van der Waals surface area contributed by atoms with Gasteiger partial charge >= 0.3 is 0 Å². The van der Waals surface area contributed by atoms with Crippen molar-refractivity contribution in [1.82, 2.24) is 10.6 Å². The first-order chi connectivity index (χ1) is 10.8. The Kier molecular flexibility index (Phi) is 4.90. The molecule has 0 fully saturated rings. The quantitative estimate of drug-likeness (QED) is 0.744. The number of amides is 2. The Morgan fingerprint density at radius 3 is 2.65 bits per heavy atom. The molecule has 0 radical (unpaired) electrons. The maximum Gasteiger partial charge on any atom is 0.287 e. The number of hydrogen-bond acceptors (Lipinski definition) is 5. The van der Waals surface area contributed by atoms with Gasteiger partial charge in [0.05, 0.1) is 12.8 Å². The molecule has 2 unspecified atom stereocenters. The monoisotopic (exact) mass is 320 g/mol. The molecule has 0 aromatic carbocycles. The Labute approximate surface area is 133 Å². The summed E-state index contributed by atoms with van der Waals surface area (Å²) in [6.07, 6.45) is 1.38. The predicted molar refractivity (Wildman–Crippen MR) is 81.7 cm³/mol. The van der Waals surface area contributed by atoms with Gasteiger partial charge in [-0.3, -0.25) is 9.59 Å². The van der Waals surface area contributed by atoms with Gasteiger partial charge in [0.15, 0.2) is 5.76 Å². The van der Waals surface area contributed by atoms with Crippen LogP contribution in [0.15, 0.2) is 39.4 Å². The molecule has 2 amide bonds. The zero-order chi connectivity index (χ0) is 17.0. The second-order valence-electron chi connectivity index (χ2n) is 5.57. The Morgan fingerprint density at radius 2 is 2.09 bits per heavy atom. The average Bonchev–Trinajstić information content (AvgIpc) is 3.16. The summed E-state index contributed by atoms with van der Waals surface area (Å²) in [5, 5.41) is 15.5. The maximum absolute atomic E-state index is 12.0. The summed E-state index contributed by atoms with van der Waals surface area (Å²) in [5.74, 6) is 0.260. The highest BCUT2D eigenvalue weighted by Crippen LogP contribution is 2.21. The van der Waals surface area contributed by atoms with Crippen LogP contribution in [0.3, 0.4) is 0 Å². The van der Waals surface area contributed by atoms with Crippen molar-refractivity contribution >= 4 is 11.8 Å². The number of nitrogens with one attached hydrogen (secondary N) is 2. The number of rotatable bonds is 6. The van der Waals surface area contributed by atoms with Gasteiger partial charge in [0.2, 0.25) is 5.91 Å². The van der Waals surface area contributed by atoms with Crippen LogP contribution in [0.25, 0.3) is 0 Å². The van der Waals surface area contributed by atoms with E-state index in [1.807, 2.05) is 0 Å². The summed E-state index contributed by atoms with van der Waals surface area (Å²) < 4.78 is 10.3. The van der Waals surface area contributed by atoms with Crippen LogP contribution in [0, 0.1) is 6.92 Å². The van der Waals surface area contributed by atoms with E-state index >= 15 is 0 Å². The highest BCUT2D eigenvalue weighted by Gasteiger charge is 2.28. The van der Waals surface area contributed by atoms with Crippen LogP contribution in [-0.4, -0.2) is 29.5 Å². The third-order valence-electron chi connectivity index (χ3n) is 3.36. The fourth-order valence-electron chi connectivity index (χ4n) is 1.96. The van der Waals surface area contributed by atoms with Crippen molar-refractivity contribution in [3.63, 3.8) is 0 Å². The fourth-order valence-corrected chi connectivity index (χ4v) is 1.96. The molecule has 0 aliphatic heterocycles. The molecular formula is C16H20N2O5. The summed E-state index contributed by atoms with van der Waals surface area (Å²) in [7, 11) is 0. The molecule has 23 heavy (non-hydrogen) atoms. The van der Waals surface area contributed by atoms with Gasteiger partial charge in [0.25, 0.3) is 5.91 Å². The van der Waals surface area contributed by atoms with E-state index in [-0.39, 0.29) is 12.3 Å². The number of carbonyl (C=O) groups is 2. The normalized spacial score (nSPS) is 14.8. The van der Waals surface area contributed by atoms with Gasteiger partial charge in [-0.05, 0) is 45.0 Å². The lowest BCUT2D eigenvalue weighted by Gasteiger charge is -2.22. The van der Waals surface area contributed by atoms with E-state index in [0.717, 1.165) is 0 Å². The van der Waals surface area contributed by atoms with Crippen molar-refractivity contribution in [3.8, 4) is 0 Å². The third-order valence-corrected chi connectivity index (χ3v) is 3.36. The number of carbonyl (C=O) groups excluding carboxylic acids is 2. The molecule has 2 heterocycles. The van der Waals surface area contributed by atoms with Crippen LogP contribution in [0.2, 0.25) is 0 Å². The molecule has 7 heteroatoms. The van der Waals surface area contributed by atoms with Crippen LogP contribution < -0.4 is 10.6 Å². The third kappa shape index (κ3) is 4.23. The van der Waals surface area contributed by atoms with E-state index in [2.05, 4.69) is 10.6 Å². The lowest BCUT2D eigenvalue weighted by molar-refractivity contribution is -0.123. The SMILES string of the molecule is Cc1ccc(C(C)(O)CNC(=O)C(C)NC(=O)c2ccco2)o1. The summed E-state index contributed by atoms with van der Waals surface area (Å²) >= 11 is 0. The van der Waals surface area contributed by atoms with Gasteiger partial charge < -0.3 is 24.6 Å². The zero-order valence-electron chi connectivity index (χ0n) is 13.3. The molecule has 2 rings (SSSR count). The van der Waals surface area contributed by atoms with Crippen LogP contribution >= 0.6 is 0 Å². The largest absolute Gasteiger partial charge is 0.463 e. The van der Waals surface area contributed by atoms with E-state index in [1.54, 1.807) is 32.0 Å². The van der Waals surface area contributed by atoms with Crippen molar-refractivity contribution in [2.24, 2.45) is 0 Å². The van der Waals surface area contributed by atoms with Crippen molar-refractivity contribution in [1.29, 1.82) is 0 Å². The molecule has 0 saturated heterocycles. The molecule has 2 atom stereocenters. The van der Waals surface area contributed by atoms with Crippen LogP contribution in [0.1, 0.15) is 35.9 Å². The first-order valence-corrected chi connectivity index (χ1v) is 7.21. The van der Waals surface area contributed by atoms with Crippen LogP contribution in [0.4, 0.5) is 0 Å². The first kappa shape index (κ1) is 16.8. The van der Waals surface area contributed by atoms with E-state index in [4.69, 9.17) is 8.83 Å². The Morgan fingerprint density at radius 1 is 1.35 bits per heavy atom. The van der Waals surface area contributed by atoms with E-state index in [1.165, 1.54) is 19.3 Å². The number of aryl methyl sites for hydroxylation is 1. The van der Waals surface area contributed by atoms with Crippen molar-refractivity contribution in [2.75, 3.05) is 6.54 Å². The summed E-state index contributed by atoms with van der Waals surface area (Å²) in [6, 6.07) is 5.70. The van der Waals surface area contributed by atoms with Gasteiger partial charge in [-0.1, -0.05) is 0 Å². The molecule has 0 bridgehead atoms. The minimum atomic E-state index is -1.34. The number of furan rings is 2. The maximum atomic E-state index is 12.0. The van der Waals surface area contributed by atoms with Gasteiger partial charge in [0, 0.05) is 0 Å². The van der Waals surface area contributed by atoms with Gasteiger partial charge in [-0.15, -0.1) is 0 Å². The highest BCUT2D eigenvalue weighted by molar-refractivity contribution is 5.95. The topological polar surface area (TPSA) is 105 Å². The molecule has 3 N–H and O–H groups in total. The van der Waals surface area contributed by atoms with Crippen molar-refractivity contribution < 1.29 is 23.5 Å². The predicted octanol–water partition coefficient (Wildman–Crippen LogP) is 1.32. The van der Waals surface area contributed by atoms with Crippen LogP contribution in [-0.2, 0) is 10.4 Å². The fraction of sp³-hybridized carbons (Fsp3) is 0.375. The van der Waals surface area contributed by atoms with E-state index in [0.29, 0.717) is 11.5 Å². The molecule has 0 spiro atoms. The average molecular weight is 320 g/mol. The zero-order valence-corrected chi connectivity index (χ0v) is 13.3. The Balaban J connectivity index is 1.87. The molecular weight excluding hydrogens is 300 g/mol. The van der Waals surface area contributed by atoms with Crippen molar-refractivity contribution in [3.05, 3.63) is 47.8 Å². The summed E-state index contributed by atoms with van der Waals surface area (Å²) in [4.78, 5) is 23.8. The first-order valence-electron chi connectivity index (χ1n) is 7.21. The molecule has 0 saturated carbocycles. The van der Waals surface area contributed by atoms with E-state index in [9.17, 15) is 14.7 Å². The lowest BCUT2D eigenvalue weighted by Crippen LogP contribution is -2.48. The molecule has 124 valence electrons. The number of aliphatic hydroxyl groups is 1. The lowest BCUT2D eigenvalue weighted by atomic mass is 10.0. The second-order valence-corrected chi connectivity index (χ2v) is 5.57. The van der Waals surface area contributed by atoms with E-state index < -0.39 is 23.5 Å². The standard InChI is InChI=1S/C16H20N2O5/c1-10-6-7-13(23-10)16(3,21)9-17-14(19)11(2)18-15(20)12-5-4-8-22-12/h4-8,11,21H,9H2,1-3H3,(H,17,19)(H,18,20). The summed E-state index contributed by atoms with van der Waals surface area (Å²) in [6.45, 7) is 4.81. The summed E-state index contributed by atoms with van der Waals surface area (Å²) in [5.41, 5.74) is -1.34. The van der Waals surface area contributed by atoms with Crippen LogP contribution in [0.5, 0.6) is 0 Å². The van der Waals surface area contributed by atoms with Gasteiger partial charge in [0.1, 0.15) is 23.2 Å². The molecule has 2 aromatic rings. The van der Waals surface area contributed by atoms with Crippen molar-refractivity contribution in [2.45, 2.75) is 32.4 Å². The number of hydrogen-bond donors (Lipinski definition) is 3. The molecule has 2 aromatic heterocycles. The minimum Gasteiger partial charge on any atom is -0.463 e. The smallest absolute Gasteiger partial charge is 0.287 e. The molecule has 7 nitrogen and oxygen atoms in total. The minimum absolute atomic E-state index is 0.0419. The highest BCUT2D eigenvalue weighted by atomic mass is 16.4. The second kappa shape index (κ2) is 6.70. The Hall–Kier alpha value is -2.54. The van der Waals surface area contributed by atoms with Gasteiger partial charge in [-0.2, -0.15) is 0 Å². The Bertz CT molecular complexity index is 672. The molecule has 0 aliphatic carbocycles. The molecule has 0 aliphatic rings.